The smallest absolute Gasteiger partial charge is 0.330 e. The number of hydrogen-bond donors (Lipinski definition) is 1. The molecule has 6 heteroatoms. The Morgan fingerprint density at radius 1 is 1.37 bits per heavy atom. The molecule has 2 aliphatic heterocycles. The summed E-state index contributed by atoms with van der Waals surface area (Å²) in [6.07, 6.45) is 2.09. The van der Waals surface area contributed by atoms with Crippen molar-refractivity contribution >= 4 is 17.8 Å². The van der Waals surface area contributed by atoms with Gasteiger partial charge in [-0.1, -0.05) is 13.3 Å². The number of barbiturate groups is 1. The summed E-state index contributed by atoms with van der Waals surface area (Å²) >= 11 is 0. The molecule has 0 radical (unpaired) electrons. The fourth-order valence-corrected chi connectivity index (χ4v) is 2.63. The Balaban J connectivity index is 2.07. The predicted molar refractivity (Wildman–Crippen MR) is 67.2 cm³/mol. The number of carbonyl (C=O) groups excluding carboxylic acids is 3. The third-order valence-electron chi connectivity index (χ3n) is 3.88. The highest BCUT2D eigenvalue weighted by Crippen LogP contribution is 2.24. The van der Waals surface area contributed by atoms with Gasteiger partial charge in [0, 0.05) is 19.1 Å². The summed E-state index contributed by atoms with van der Waals surface area (Å²) in [6, 6.07) is -0.596. The first-order valence-electron chi connectivity index (χ1n) is 6.82. The van der Waals surface area contributed by atoms with Crippen LogP contribution >= 0.6 is 0 Å². The van der Waals surface area contributed by atoms with Crippen LogP contribution in [0.2, 0.25) is 0 Å². The molecule has 0 bridgehead atoms. The van der Waals surface area contributed by atoms with Gasteiger partial charge in [-0.25, -0.2) is 4.79 Å². The average Bonchev–Trinajstić information content (AvgIpc) is 2.76. The van der Waals surface area contributed by atoms with Crippen LogP contribution in [0.15, 0.2) is 0 Å². The predicted octanol–water partition coefficient (Wildman–Crippen LogP) is 0.906. The Morgan fingerprint density at radius 3 is 2.68 bits per heavy atom. The molecule has 0 aromatic rings. The van der Waals surface area contributed by atoms with Crippen LogP contribution in [0.1, 0.15) is 33.1 Å². The van der Waals surface area contributed by atoms with Crippen molar-refractivity contribution in [3.63, 3.8) is 0 Å². The van der Waals surface area contributed by atoms with E-state index in [1.807, 2.05) is 13.8 Å². The molecule has 2 fully saturated rings. The van der Waals surface area contributed by atoms with E-state index in [0.717, 1.165) is 12.8 Å². The number of nitrogens with one attached hydrogen (secondary N) is 1. The Labute approximate surface area is 112 Å². The fraction of sp³-hybridized carbons (Fsp3) is 0.769. The van der Waals surface area contributed by atoms with Gasteiger partial charge in [-0.2, -0.15) is 0 Å². The van der Waals surface area contributed by atoms with Gasteiger partial charge in [-0.3, -0.25) is 19.8 Å². The Hall–Kier alpha value is -1.43. The molecule has 19 heavy (non-hydrogen) atoms. The molecular formula is C13H20N2O4. The van der Waals surface area contributed by atoms with E-state index in [2.05, 4.69) is 5.32 Å². The lowest BCUT2D eigenvalue weighted by molar-refractivity contribution is -0.143. The summed E-state index contributed by atoms with van der Waals surface area (Å²) in [4.78, 5) is 36.9. The molecule has 2 saturated heterocycles. The summed E-state index contributed by atoms with van der Waals surface area (Å²) in [6.45, 7) is 4.85. The van der Waals surface area contributed by atoms with Crippen LogP contribution in [0.3, 0.4) is 0 Å². The van der Waals surface area contributed by atoms with Gasteiger partial charge in [-0.15, -0.1) is 0 Å². The van der Waals surface area contributed by atoms with E-state index in [4.69, 9.17) is 4.74 Å². The number of amides is 4. The lowest BCUT2D eigenvalue weighted by atomic mass is 9.96. The van der Waals surface area contributed by atoms with Crippen molar-refractivity contribution in [1.82, 2.24) is 10.2 Å². The maximum Gasteiger partial charge on any atom is 0.330 e. The largest absolute Gasteiger partial charge is 0.378 e. The van der Waals surface area contributed by atoms with Crippen molar-refractivity contribution in [1.29, 1.82) is 0 Å². The number of urea groups is 1. The van der Waals surface area contributed by atoms with Crippen LogP contribution in [-0.2, 0) is 14.3 Å². The molecule has 0 aromatic heterocycles. The Kier molecular flexibility index (Phi) is 4.19. The van der Waals surface area contributed by atoms with E-state index in [0.29, 0.717) is 19.6 Å². The Bertz CT molecular complexity index is 396. The van der Waals surface area contributed by atoms with Crippen LogP contribution in [-0.4, -0.2) is 42.0 Å². The van der Waals surface area contributed by atoms with Gasteiger partial charge >= 0.3 is 6.03 Å². The summed E-state index contributed by atoms with van der Waals surface area (Å²) in [5, 5.41) is 2.27. The lowest BCUT2D eigenvalue weighted by Crippen LogP contribution is -2.59. The second-order valence-corrected chi connectivity index (χ2v) is 5.21. The van der Waals surface area contributed by atoms with Gasteiger partial charge in [0.2, 0.25) is 11.8 Å². The maximum atomic E-state index is 12.2. The second kappa shape index (κ2) is 5.69. The third-order valence-corrected chi connectivity index (χ3v) is 3.88. The molecule has 0 spiro atoms. The number of carbonyl (C=O) groups is 3. The van der Waals surface area contributed by atoms with E-state index in [-0.39, 0.29) is 17.9 Å². The number of ether oxygens (including phenoxy) is 1. The van der Waals surface area contributed by atoms with Crippen molar-refractivity contribution in [2.45, 2.75) is 39.2 Å². The second-order valence-electron chi connectivity index (χ2n) is 5.21. The van der Waals surface area contributed by atoms with Gasteiger partial charge in [0.15, 0.2) is 0 Å². The number of nitrogens with zero attached hydrogens (tertiary/aromatic N) is 1. The molecule has 0 saturated carbocycles. The van der Waals surface area contributed by atoms with Crippen molar-refractivity contribution in [2.75, 3.05) is 13.2 Å². The normalized spacial score (nSPS) is 31.8. The zero-order valence-corrected chi connectivity index (χ0v) is 11.3. The van der Waals surface area contributed by atoms with Gasteiger partial charge in [0.1, 0.15) is 5.92 Å². The molecule has 0 aromatic carbocycles. The van der Waals surface area contributed by atoms with Gasteiger partial charge in [0.05, 0.1) is 6.10 Å². The first-order valence-corrected chi connectivity index (χ1v) is 6.82. The number of imide groups is 2. The van der Waals surface area contributed by atoms with Crippen molar-refractivity contribution in [3.05, 3.63) is 0 Å². The first kappa shape index (κ1) is 14.0. The van der Waals surface area contributed by atoms with Gasteiger partial charge in [-0.05, 0) is 19.8 Å². The summed E-state index contributed by atoms with van der Waals surface area (Å²) in [5.41, 5.74) is 0. The quantitative estimate of drug-likeness (QED) is 0.769. The molecule has 2 rings (SSSR count). The molecule has 2 aliphatic rings. The molecular weight excluding hydrogens is 248 g/mol. The average molecular weight is 268 g/mol. The van der Waals surface area contributed by atoms with Crippen LogP contribution in [0.4, 0.5) is 4.79 Å². The minimum atomic E-state index is -0.722. The minimum absolute atomic E-state index is 0.0443. The van der Waals surface area contributed by atoms with Crippen molar-refractivity contribution in [3.8, 4) is 0 Å². The summed E-state index contributed by atoms with van der Waals surface area (Å²) in [7, 11) is 0. The number of rotatable bonds is 4. The molecule has 2 heterocycles. The lowest BCUT2D eigenvalue weighted by Gasteiger charge is -2.32. The minimum Gasteiger partial charge on any atom is -0.378 e. The highest BCUT2D eigenvalue weighted by Gasteiger charge is 2.41. The zero-order valence-electron chi connectivity index (χ0n) is 11.3. The molecule has 3 atom stereocenters. The highest BCUT2D eigenvalue weighted by molar-refractivity contribution is 6.16. The van der Waals surface area contributed by atoms with Gasteiger partial charge in [0.25, 0.3) is 0 Å². The molecule has 6 nitrogen and oxygen atoms in total. The van der Waals surface area contributed by atoms with E-state index in [1.165, 1.54) is 4.90 Å². The molecule has 3 unspecified atom stereocenters. The first-order chi connectivity index (χ1) is 9.04. The van der Waals surface area contributed by atoms with Gasteiger partial charge < -0.3 is 4.74 Å². The van der Waals surface area contributed by atoms with Crippen LogP contribution in [0, 0.1) is 11.8 Å². The van der Waals surface area contributed by atoms with Crippen LogP contribution in [0.5, 0.6) is 0 Å². The fourth-order valence-electron chi connectivity index (χ4n) is 2.63. The summed E-state index contributed by atoms with van der Waals surface area (Å²) < 4.78 is 5.44. The molecule has 4 amide bonds. The summed E-state index contributed by atoms with van der Waals surface area (Å²) in [5.74, 6) is -1.40. The standard InChI is InChI=1S/C13H20N2O4/c1-3-4-10-11(16)14-13(18)15(12(10)17)7-9-5-6-19-8(9)2/h8-10H,3-7H2,1-2H3,(H,14,16,18). The van der Waals surface area contributed by atoms with E-state index >= 15 is 0 Å². The van der Waals surface area contributed by atoms with Crippen LogP contribution in [0.25, 0.3) is 0 Å². The van der Waals surface area contributed by atoms with E-state index < -0.39 is 17.9 Å². The topological polar surface area (TPSA) is 75.7 Å². The van der Waals surface area contributed by atoms with Crippen molar-refractivity contribution in [2.24, 2.45) is 11.8 Å². The zero-order chi connectivity index (χ0) is 14.0. The van der Waals surface area contributed by atoms with Crippen LogP contribution < -0.4 is 5.32 Å². The van der Waals surface area contributed by atoms with E-state index in [9.17, 15) is 14.4 Å². The number of hydrogen-bond acceptors (Lipinski definition) is 4. The Morgan fingerprint density at radius 2 is 2.11 bits per heavy atom. The molecule has 0 aliphatic carbocycles. The van der Waals surface area contributed by atoms with Crippen molar-refractivity contribution < 1.29 is 19.1 Å². The highest BCUT2D eigenvalue weighted by atomic mass is 16.5. The molecule has 1 N–H and O–H groups in total. The third kappa shape index (κ3) is 2.78. The SMILES string of the molecule is CCCC1C(=O)NC(=O)N(CC2CCOC2C)C1=O. The maximum absolute atomic E-state index is 12.2. The monoisotopic (exact) mass is 268 g/mol. The van der Waals surface area contributed by atoms with E-state index in [1.54, 1.807) is 0 Å². The molecule has 106 valence electrons.